The van der Waals surface area contributed by atoms with E-state index in [0.717, 1.165) is 23.5 Å². The van der Waals surface area contributed by atoms with Gasteiger partial charge in [0, 0.05) is 25.5 Å². The Morgan fingerprint density at radius 2 is 1.52 bits per heavy atom. The first-order valence-corrected chi connectivity index (χ1v) is 6.73. The van der Waals surface area contributed by atoms with Crippen LogP contribution in [0.2, 0.25) is 0 Å². The Labute approximate surface area is 126 Å². The highest BCUT2D eigenvalue weighted by molar-refractivity contribution is 5.41. The fourth-order valence-electron chi connectivity index (χ4n) is 1.54. The largest absolute Gasteiger partial charge is 0.326 e. The van der Waals surface area contributed by atoms with E-state index < -0.39 is 0 Å². The highest BCUT2D eigenvalue weighted by atomic mass is 14.8. The molecule has 0 amide bonds. The monoisotopic (exact) mass is 282 g/mol. The summed E-state index contributed by atoms with van der Waals surface area (Å²) in [6.45, 7) is 8.63. The zero-order valence-electron chi connectivity index (χ0n) is 12.4. The second-order valence-electron chi connectivity index (χ2n) is 4.33. The van der Waals surface area contributed by atoms with E-state index in [1.165, 1.54) is 5.56 Å². The first-order chi connectivity index (χ1) is 10.2. The predicted molar refractivity (Wildman–Crippen MR) is 89.3 cm³/mol. The molecule has 0 aromatic carbocycles. The van der Waals surface area contributed by atoms with Crippen molar-refractivity contribution in [1.29, 1.82) is 0 Å². The average molecular weight is 282 g/mol. The maximum absolute atomic E-state index is 5.38. The van der Waals surface area contributed by atoms with Crippen LogP contribution in [-0.2, 0) is 13.1 Å². The van der Waals surface area contributed by atoms with Crippen LogP contribution in [0.3, 0.4) is 0 Å². The number of nitrogens with two attached hydrogens (primary N) is 1. The molecule has 4 heteroatoms. The van der Waals surface area contributed by atoms with E-state index in [0.29, 0.717) is 6.54 Å². The van der Waals surface area contributed by atoms with Crippen molar-refractivity contribution in [3.63, 3.8) is 0 Å². The van der Waals surface area contributed by atoms with E-state index in [4.69, 9.17) is 5.73 Å². The van der Waals surface area contributed by atoms with Crippen LogP contribution in [0.15, 0.2) is 49.8 Å². The third-order valence-corrected chi connectivity index (χ3v) is 2.73. The highest BCUT2D eigenvalue weighted by Gasteiger charge is 1.90. The first kappa shape index (κ1) is 16.8. The van der Waals surface area contributed by atoms with Gasteiger partial charge in [-0.25, -0.2) is 0 Å². The summed E-state index contributed by atoms with van der Waals surface area (Å²) in [6, 6.07) is 7.85. The van der Waals surface area contributed by atoms with Gasteiger partial charge < -0.3 is 11.1 Å². The molecule has 3 N–H and O–H groups in total. The Balaban J connectivity index is 0.000000211. The summed E-state index contributed by atoms with van der Waals surface area (Å²) < 4.78 is 0. The highest BCUT2D eigenvalue weighted by Crippen LogP contribution is 2.00. The number of rotatable bonds is 5. The number of hydrogen-bond acceptors (Lipinski definition) is 4. The summed E-state index contributed by atoms with van der Waals surface area (Å²) in [5.41, 5.74) is 9.42. The van der Waals surface area contributed by atoms with Crippen LogP contribution in [0.4, 0.5) is 0 Å². The maximum Gasteiger partial charge on any atom is 0.0623 e. The molecule has 0 radical (unpaired) electrons. The van der Waals surface area contributed by atoms with Crippen molar-refractivity contribution in [3.05, 3.63) is 72.3 Å². The Hall–Kier alpha value is -2.30. The fraction of sp³-hybridized carbons (Fsp3) is 0.176. The molecule has 0 atom stereocenters. The van der Waals surface area contributed by atoms with Crippen molar-refractivity contribution in [2.75, 3.05) is 7.05 Å². The number of nitrogens with zero attached hydrogens (tertiary/aromatic N) is 2. The van der Waals surface area contributed by atoms with E-state index in [9.17, 15) is 0 Å². The molecule has 4 nitrogen and oxygen atoms in total. The van der Waals surface area contributed by atoms with Gasteiger partial charge in [-0.1, -0.05) is 25.3 Å². The molecule has 0 aliphatic heterocycles. The maximum atomic E-state index is 5.38. The lowest BCUT2D eigenvalue weighted by molar-refractivity contribution is 0.813. The minimum atomic E-state index is 0.546. The molecule has 0 unspecified atom stereocenters. The molecule has 2 aromatic heterocycles. The Morgan fingerprint density at radius 1 is 1.00 bits per heavy atom. The minimum Gasteiger partial charge on any atom is -0.326 e. The third kappa shape index (κ3) is 6.12. The van der Waals surface area contributed by atoms with Gasteiger partial charge in [0.05, 0.1) is 11.4 Å². The number of aromatic nitrogens is 2. The quantitative estimate of drug-likeness (QED) is 0.885. The summed E-state index contributed by atoms with van der Waals surface area (Å²) in [7, 11) is 1.92. The van der Waals surface area contributed by atoms with Crippen LogP contribution in [0.5, 0.6) is 0 Å². The zero-order chi connectivity index (χ0) is 15.5. The molecule has 2 rings (SSSR count). The lowest BCUT2D eigenvalue weighted by Crippen LogP contribution is -2.05. The molecule has 2 heterocycles. The van der Waals surface area contributed by atoms with Crippen LogP contribution in [-0.4, -0.2) is 17.0 Å². The minimum absolute atomic E-state index is 0.546. The van der Waals surface area contributed by atoms with Crippen molar-refractivity contribution in [3.8, 4) is 0 Å². The second kappa shape index (κ2) is 9.58. The molecule has 0 spiro atoms. The van der Waals surface area contributed by atoms with Gasteiger partial charge in [0.2, 0.25) is 0 Å². The van der Waals surface area contributed by atoms with Crippen molar-refractivity contribution in [1.82, 2.24) is 15.3 Å². The van der Waals surface area contributed by atoms with Gasteiger partial charge >= 0.3 is 0 Å². The van der Waals surface area contributed by atoms with Gasteiger partial charge in [0.25, 0.3) is 0 Å². The third-order valence-electron chi connectivity index (χ3n) is 2.73. The van der Waals surface area contributed by atoms with Crippen molar-refractivity contribution >= 4 is 12.2 Å². The van der Waals surface area contributed by atoms with Crippen LogP contribution < -0.4 is 11.1 Å². The summed E-state index contributed by atoms with van der Waals surface area (Å²) in [5, 5.41) is 3.06. The summed E-state index contributed by atoms with van der Waals surface area (Å²) in [6.07, 6.45) is 7.06. The summed E-state index contributed by atoms with van der Waals surface area (Å²) >= 11 is 0. The van der Waals surface area contributed by atoms with Crippen LogP contribution >= 0.6 is 0 Å². The number of hydrogen-bond donors (Lipinski definition) is 2. The molecule has 0 aliphatic carbocycles. The standard InChI is InChI=1S/C9H12N2.C8H10N2/c1-3-9-5-4-8(6-10-2)7-11-9;1-2-8-4-3-7(5-9)6-10-8/h3-5,7,10H,1,6H2,2H3;2-4,6H,1,5,9H2. The topological polar surface area (TPSA) is 63.8 Å². The molecule has 0 aliphatic rings. The second-order valence-corrected chi connectivity index (χ2v) is 4.33. The normalized spacial score (nSPS) is 9.43. The van der Waals surface area contributed by atoms with Gasteiger partial charge in [-0.2, -0.15) is 0 Å². The molecule has 0 bridgehead atoms. The van der Waals surface area contributed by atoms with Crippen molar-refractivity contribution in [2.45, 2.75) is 13.1 Å². The Morgan fingerprint density at radius 3 is 1.86 bits per heavy atom. The lowest BCUT2D eigenvalue weighted by Gasteiger charge is -1.98. The van der Waals surface area contributed by atoms with E-state index in [1.54, 1.807) is 18.3 Å². The fourth-order valence-corrected chi connectivity index (χ4v) is 1.54. The summed E-state index contributed by atoms with van der Waals surface area (Å²) in [4.78, 5) is 8.23. The van der Waals surface area contributed by atoms with E-state index in [2.05, 4.69) is 28.4 Å². The van der Waals surface area contributed by atoms with Gasteiger partial charge in [-0.3, -0.25) is 9.97 Å². The zero-order valence-corrected chi connectivity index (χ0v) is 12.4. The Bertz CT molecular complexity index is 544. The van der Waals surface area contributed by atoms with Crippen molar-refractivity contribution in [2.24, 2.45) is 5.73 Å². The van der Waals surface area contributed by atoms with E-state index in [-0.39, 0.29) is 0 Å². The summed E-state index contributed by atoms with van der Waals surface area (Å²) in [5.74, 6) is 0. The van der Waals surface area contributed by atoms with Crippen LogP contribution in [0.1, 0.15) is 22.5 Å². The van der Waals surface area contributed by atoms with Gasteiger partial charge in [0.1, 0.15) is 0 Å². The molecule has 0 fully saturated rings. The van der Waals surface area contributed by atoms with Crippen molar-refractivity contribution < 1.29 is 0 Å². The number of nitrogens with one attached hydrogen (secondary N) is 1. The van der Waals surface area contributed by atoms with Crippen LogP contribution in [0, 0.1) is 0 Å². The smallest absolute Gasteiger partial charge is 0.0623 e. The Kier molecular flexibility index (Phi) is 7.64. The predicted octanol–water partition coefficient (Wildman–Crippen LogP) is 2.63. The molecule has 110 valence electrons. The molecule has 2 aromatic rings. The van der Waals surface area contributed by atoms with Gasteiger partial charge in [-0.05, 0) is 42.5 Å². The molecule has 21 heavy (non-hydrogen) atoms. The molecule has 0 saturated carbocycles. The number of pyridine rings is 2. The molecule has 0 saturated heterocycles. The average Bonchev–Trinajstić information content (AvgIpc) is 2.56. The van der Waals surface area contributed by atoms with Crippen LogP contribution in [0.25, 0.3) is 12.2 Å². The SMILES string of the molecule is C=Cc1ccc(CN)cn1.C=Cc1ccc(CNC)cn1. The van der Waals surface area contributed by atoms with E-state index >= 15 is 0 Å². The molecular formula is C17H22N4. The first-order valence-electron chi connectivity index (χ1n) is 6.73. The van der Waals surface area contributed by atoms with Gasteiger partial charge in [0.15, 0.2) is 0 Å². The van der Waals surface area contributed by atoms with E-state index in [1.807, 2.05) is 37.5 Å². The lowest BCUT2D eigenvalue weighted by atomic mass is 10.2. The van der Waals surface area contributed by atoms with Gasteiger partial charge in [-0.15, -0.1) is 0 Å². The molecular weight excluding hydrogens is 260 g/mol.